The molecule has 1 heterocycles. The lowest BCUT2D eigenvalue weighted by Gasteiger charge is -2.09. The van der Waals surface area contributed by atoms with Crippen LogP contribution in [0.5, 0.6) is 11.5 Å². The van der Waals surface area contributed by atoms with Crippen molar-refractivity contribution in [1.82, 2.24) is 0 Å². The number of carbonyl (C=O) groups is 1. The van der Waals surface area contributed by atoms with Crippen molar-refractivity contribution in [2.45, 2.75) is 13.8 Å². The van der Waals surface area contributed by atoms with Crippen molar-refractivity contribution in [3.63, 3.8) is 0 Å². The lowest BCUT2D eigenvalue weighted by molar-refractivity contribution is 0.0996. The van der Waals surface area contributed by atoms with E-state index in [1.165, 1.54) is 17.4 Å². The van der Waals surface area contributed by atoms with Gasteiger partial charge in [-0.05, 0) is 73.5 Å². The topological polar surface area (TPSA) is 51.5 Å². The molecule has 23 heavy (non-hydrogen) atoms. The molecule has 4 heteroatoms. The van der Waals surface area contributed by atoms with Crippen LogP contribution in [0.25, 0.3) is 0 Å². The van der Waals surface area contributed by atoms with Crippen molar-refractivity contribution in [2.75, 3.05) is 5.32 Å². The summed E-state index contributed by atoms with van der Waals surface area (Å²) in [5.74, 6) is 1.50. The van der Waals surface area contributed by atoms with Gasteiger partial charge in [-0.15, -0.1) is 0 Å². The fourth-order valence-corrected chi connectivity index (χ4v) is 2.12. The largest absolute Gasteiger partial charge is 0.459 e. The molecule has 3 rings (SSSR count). The normalized spacial score (nSPS) is 10.3. The van der Waals surface area contributed by atoms with Crippen molar-refractivity contribution in [3.05, 3.63) is 77.7 Å². The van der Waals surface area contributed by atoms with Gasteiger partial charge in [-0.3, -0.25) is 4.79 Å². The quantitative estimate of drug-likeness (QED) is 0.742. The van der Waals surface area contributed by atoms with E-state index < -0.39 is 0 Å². The second kappa shape index (κ2) is 6.40. The van der Waals surface area contributed by atoms with Gasteiger partial charge in [-0.2, -0.15) is 0 Å². The highest BCUT2D eigenvalue weighted by molar-refractivity contribution is 6.02. The van der Waals surface area contributed by atoms with Crippen LogP contribution in [0.1, 0.15) is 21.7 Å². The third-order valence-electron chi connectivity index (χ3n) is 3.57. The molecule has 0 unspecified atom stereocenters. The van der Waals surface area contributed by atoms with Crippen molar-refractivity contribution in [1.29, 1.82) is 0 Å². The Labute approximate surface area is 134 Å². The van der Waals surface area contributed by atoms with Gasteiger partial charge in [0.15, 0.2) is 5.76 Å². The van der Waals surface area contributed by atoms with E-state index in [-0.39, 0.29) is 11.7 Å². The highest BCUT2D eigenvalue weighted by Crippen LogP contribution is 2.25. The molecule has 0 fully saturated rings. The van der Waals surface area contributed by atoms with E-state index in [1.54, 1.807) is 24.3 Å². The Kier molecular flexibility index (Phi) is 4.15. The van der Waals surface area contributed by atoms with Crippen LogP contribution in [-0.2, 0) is 0 Å². The van der Waals surface area contributed by atoms with E-state index in [1.807, 2.05) is 30.3 Å². The van der Waals surface area contributed by atoms with E-state index in [0.29, 0.717) is 11.4 Å². The number of benzene rings is 2. The Bertz CT molecular complexity index is 805. The van der Waals surface area contributed by atoms with Gasteiger partial charge in [0.25, 0.3) is 5.91 Å². The molecule has 0 bridgehead atoms. The summed E-state index contributed by atoms with van der Waals surface area (Å²) < 4.78 is 10.9. The maximum atomic E-state index is 11.9. The Morgan fingerprint density at radius 2 is 1.70 bits per heavy atom. The Balaban J connectivity index is 1.67. The minimum Gasteiger partial charge on any atom is -0.459 e. The van der Waals surface area contributed by atoms with Gasteiger partial charge in [-0.1, -0.05) is 6.07 Å². The molecule has 1 N–H and O–H groups in total. The van der Waals surface area contributed by atoms with Crippen LogP contribution in [0.2, 0.25) is 0 Å². The molecule has 1 amide bonds. The number of aryl methyl sites for hydroxylation is 2. The first kappa shape index (κ1) is 14.9. The first-order chi connectivity index (χ1) is 11.1. The van der Waals surface area contributed by atoms with E-state index in [4.69, 9.17) is 9.15 Å². The summed E-state index contributed by atoms with van der Waals surface area (Å²) in [6, 6.07) is 16.5. The molecule has 2 aromatic carbocycles. The lowest BCUT2D eigenvalue weighted by atomic mass is 10.1. The van der Waals surface area contributed by atoms with Crippen LogP contribution in [-0.4, -0.2) is 5.91 Å². The highest BCUT2D eigenvalue weighted by atomic mass is 16.5. The molecule has 0 radical (unpaired) electrons. The fraction of sp³-hybridized carbons (Fsp3) is 0.105. The van der Waals surface area contributed by atoms with E-state index in [2.05, 4.69) is 19.2 Å². The predicted octanol–water partition coefficient (Wildman–Crippen LogP) is 4.94. The average molecular weight is 307 g/mol. The van der Waals surface area contributed by atoms with Gasteiger partial charge in [0.05, 0.1) is 6.26 Å². The minimum absolute atomic E-state index is 0.278. The molecule has 116 valence electrons. The summed E-state index contributed by atoms with van der Waals surface area (Å²) in [4.78, 5) is 11.9. The van der Waals surface area contributed by atoms with E-state index in [9.17, 15) is 4.79 Å². The zero-order chi connectivity index (χ0) is 16.2. The van der Waals surface area contributed by atoms with Gasteiger partial charge in [-0.25, -0.2) is 0 Å². The number of anilines is 1. The smallest absolute Gasteiger partial charge is 0.291 e. The van der Waals surface area contributed by atoms with Crippen LogP contribution in [0, 0.1) is 13.8 Å². The Morgan fingerprint density at radius 1 is 0.957 bits per heavy atom. The monoisotopic (exact) mass is 307 g/mol. The molecule has 0 aliphatic carbocycles. The summed E-state index contributed by atoms with van der Waals surface area (Å²) in [5.41, 5.74) is 3.09. The second-order valence-corrected chi connectivity index (χ2v) is 5.30. The summed E-state index contributed by atoms with van der Waals surface area (Å²) >= 11 is 0. The highest BCUT2D eigenvalue weighted by Gasteiger charge is 2.08. The van der Waals surface area contributed by atoms with Gasteiger partial charge < -0.3 is 14.5 Å². The number of nitrogens with one attached hydrogen (secondary N) is 1. The SMILES string of the molecule is Cc1ccc(Oc2ccc(NC(=O)c3ccco3)cc2)cc1C. The van der Waals surface area contributed by atoms with Gasteiger partial charge >= 0.3 is 0 Å². The molecule has 0 saturated carbocycles. The third-order valence-corrected chi connectivity index (χ3v) is 3.57. The zero-order valence-corrected chi connectivity index (χ0v) is 13.0. The van der Waals surface area contributed by atoms with Crippen molar-refractivity contribution in [3.8, 4) is 11.5 Å². The minimum atomic E-state index is -0.280. The number of furan rings is 1. The van der Waals surface area contributed by atoms with E-state index >= 15 is 0 Å². The number of rotatable bonds is 4. The molecule has 0 saturated heterocycles. The summed E-state index contributed by atoms with van der Waals surface area (Å²) in [7, 11) is 0. The number of amides is 1. The molecule has 3 aromatic rings. The first-order valence-corrected chi connectivity index (χ1v) is 7.32. The molecule has 0 spiro atoms. The van der Waals surface area contributed by atoms with Crippen LogP contribution in [0.3, 0.4) is 0 Å². The molecular formula is C19H17NO3. The molecular weight excluding hydrogens is 290 g/mol. The lowest BCUT2D eigenvalue weighted by Crippen LogP contribution is -2.10. The van der Waals surface area contributed by atoms with Crippen LogP contribution >= 0.6 is 0 Å². The maximum absolute atomic E-state index is 11.9. The van der Waals surface area contributed by atoms with Gasteiger partial charge in [0.1, 0.15) is 11.5 Å². The van der Waals surface area contributed by atoms with Gasteiger partial charge in [0.2, 0.25) is 0 Å². The Hall–Kier alpha value is -3.01. The first-order valence-electron chi connectivity index (χ1n) is 7.32. The van der Waals surface area contributed by atoms with Crippen molar-refractivity contribution >= 4 is 11.6 Å². The molecule has 4 nitrogen and oxygen atoms in total. The van der Waals surface area contributed by atoms with Crippen LogP contribution in [0.4, 0.5) is 5.69 Å². The second-order valence-electron chi connectivity index (χ2n) is 5.30. The third kappa shape index (κ3) is 3.61. The summed E-state index contributed by atoms with van der Waals surface area (Å²) in [6.45, 7) is 4.12. The fourth-order valence-electron chi connectivity index (χ4n) is 2.12. The number of ether oxygens (including phenoxy) is 1. The molecule has 0 aliphatic heterocycles. The number of hydrogen-bond donors (Lipinski definition) is 1. The molecule has 0 aliphatic rings. The van der Waals surface area contributed by atoms with Crippen molar-refractivity contribution in [2.24, 2.45) is 0 Å². The van der Waals surface area contributed by atoms with Crippen molar-refractivity contribution < 1.29 is 13.9 Å². The van der Waals surface area contributed by atoms with Crippen LogP contribution < -0.4 is 10.1 Å². The number of hydrogen-bond acceptors (Lipinski definition) is 3. The maximum Gasteiger partial charge on any atom is 0.291 e. The summed E-state index contributed by atoms with van der Waals surface area (Å²) in [5, 5.41) is 2.76. The van der Waals surface area contributed by atoms with E-state index in [0.717, 1.165) is 5.75 Å². The summed E-state index contributed by atoms with van der Waals surface area (Å²) in [6.07, 6.45) is 1.47. The van der Waals surface area contributed by atoms with Gasteiger partial charge in [0, 0.05) is 5.69 Å². The number of carbonyl (C=O) groups excluding carboxylic acids is 1. The average Bonchev–Trinajstić information content (AvgIpc) is 3.07. The predicted molar refractivity (Wildman–Crippen MR) is 89.1 cm³/mol. The Morgan fingerprint density at radius 3 is 2.35 bits per heavy atom. The van der Waals surface area contributed by atoms with Crippen LogP contribution in [0.15, 0.2) is 65.3 Å². The molecule has 0 atom stereocenters. The standard InChI is InChI=1S/C19H17NO3/c1-13-5-8-17(12-14(13)2)23-16-9-6-15(7-10-16)20-19(21)18-4-3-11-22-18/h3-12H,1-2H3,(H,20,21). The zero-order valence-electron chi connectivity index (χ0n) is 13.0. The molecule has 1 aromatic heterocycles.